The van der Waals surface area contributed by atoms with E-state index < -0.39 is 56.8 Å². The Bertz CT molecular complexity index is 1710. The first-order chi connectivity index (χ1) is 21.4. The van der Waals surface area contributed by atoms with Crippen molar-refractivity contribution in [3.63, 3.8) is 0 Å². The molecule has 1 aromatic heterocycles. The third kappa shape index (κ3) is 8.78. The molecule has 0 radical (unpaired) electrons. The number of nitrogens with zero attached hydrogens (tertiary/aromatic N) is 3. The van der Waals surface area contributed by atoms with Gasteiger partial charge in [0.1, 0.15) is 28.7 Å². The van der Waals surface area contributed by atoms with Crippen molar-refractivity contribution in [3.05, 3.63) is 76.2 Å². The maximum atomic E-state index is 13.7. The summed E-state index contributed by atoms with van der Waals surface area (Å²) in [5.41, 5.74) is -1.98. The van der Waals surface area contributed by atoms with Crippen molar-refractivity contribution in [2.75, 3.05) is 29.3 Å². The smallest absolute Gasteiger partial charge is 0.417 e. The highest BCUT2D eigenvalue weighted by Crippen LogP contribution is 2.40. The zero-order chi connectivity index (χ0) is 34.0. The molecule has 10 nitrogen and oxygen atoms in total. The van der Waals surface area contributed by atoms with Gasteiger partial charge in [0, 0.05) is 37.6 Å². The molecule has 1 aliphatic rings. The van der Waals surface area contributed by atoms with Crippen molar-refractivity contribution in [3.8, 4) is 11.5 Å². The molecule has 1 atom stereocenters. The summed E-state index contributed by atoms with van der Waals surface area (Å²) in [5.74, 6) is -2.28. The van der Waals surface area contributed by atoms with Gasteiger partial charge in [0.25, 0.3) is 5.91 Å². The second-order valence-electron chi connectivity index (χ2n) is 11.6. The summed E-state index contributed by atoms with van der Waals surface area (Å²) >= 11 is 5.91. The fourth-order valence-electron chi connectivity index (χ4n) is 4.68. The molecule has 1 N–H and O–H groups in total. The SMILES string of the molecule is Cc1cc(F)ccc1Oc1cc(C(F)(F)F)c(Cl)cc1C(=O)Nc1ccnc(N(C[C@@H]2CCN(C(=O)OC(C)(C)C)C2)[SH](=O)=O)c1. The predicted octanol–water partition coefficient (Wildman–Crippen LogP) is 6.84. The van der Waals surface area contributed by atoms with Crippen LogP contribution in [0, 0.1) is 18.7 Å². The molecule has 46 heavy (non-hydrogen) atoms. The Hall–Kier alpha value is -4.11. The lowest BCUT2D eigenvalue weighted by atomic mass is 10.1. The minimum absolute atomic E-state index is 0.00382. The molecule has 16 heteroatoms. The Kier molecular flexibility index (Phi) is 10.4. The van der Waals surface area contributed by atoms with E-state index in [1.807, 2.05) is 0 Å². The van der Waals surface area contributed by atoms with Crippen LogP contribution >= 0.6 is 11.6 Å². The lowest BCUT2D eigenvalue weighted by molar-refractivity contribution is -0.137. The van der Waals surface area contributed by atoms with Gasteiger partial charge in [0.15, 0.2) is 0 Å². The second-order valence-corrected chi connectivity index (χ2v) is 13.0. The molecule has 3 aromatic rings. The number of likely N-dealkylation sites (tertiary alicyclic amines) is 1. The molecule has 1 aliphatic heterocycles. The van der Waals surface area contributed by atoms with Crippen LogP contribution in [0.25, 0.3) is 0 Å². The summed E-state index contributed by atoms with van der Waals surface area (Å²) in [6, 6.07) is 7.37. The highest BCUT2D eigenvalue weighted by molar-refractivity contribution is 7.74. The number of thiol groups is 1. The summed E-state index contributed by atoms with van der Waals surface area (Å²) < 4.78 is 91.1. The number of hydrogen-bond donors (Lipinski definition) is 2. The summed E-state index contributed by atoms with van der Waals surface area (Å²) in [4.78, 5) is 31.4. The molecular formula is C30H31ClF4N4O6S. The van der Waals surface area contributed by atoms with Crippen LogP contribution in [0.3, 0.4) is 0 Å². The molecule has 248 valence electrons. The fourth-order valence-corrected chi connectivity index (χ4v) is 5.59. The molecule has 0 bridgehead atoms. The van der Waals surface area contributed by atoms with E-state index in [-0.39, 0.29) is 47.4 Å². The fraction of sp³-hybridized carbons (Fsp3) is 0.367. The minimum atomic E-state index is -4.87. The molecule has 4 rings (SSSR count). The van der Waals surface area contributed by atoms with E-state index in [9.17, 15) is 35.6 Å². The molecular weight excluding hydrogens is 656 g/mol. The Balaban J connectivity index is 1.57. The number of carbonyl (C=O) groups is 2. The maximum absolute atomic E-state index is 13.7. The number of halogens is 5. The number of amides is 2. The summed E-state index contributed by atoms with van der Waals surface area (Å²) in [6.07, 6.45) is -3.61. The zero-order valence-corrected chi connectivity index (χ0v) is 26.8. The van der Waals surface area contributed by atoms with E-state index in [1.54, 1.807) is 20.8 Å². The summed E-state index contributed by atoms with van der Waals surface area (Å²) in [5, 5.41) is 1.75. The van der Waals surface area contributed by atoms with Gasteiger partial charge in [-0.05, 0) is 82.0 Å². The molecule has 2 heterocycles. The number of aromatic nitrogens is 1. The topological polar surface area (TPSA) is 118 Å². The van der Waals surface area contributed by atoms with Crippen LogP contribution in [0.2, 0.25) is 5.02 Å². The Labute approximate surface area is 269 Å². The van der Waals surface area contributed by atoms with E-state index in [1.165, 1.54) is 36.2 Å². The third-order valence-electron chi connectivity index (χ3n) is 6.81. The van der Waals surface area contributed by atoms with Crippen LogP contribution in [-0.2, 0) is 21.8 Å². The van der Waals surface area contributed by atoms with Crippen LogP contribution < -0.4 is 14.4 Å². The Morgan fingerprint density at radius 3 is 2.46 bits per heavy atom. The van der Waals surface area contributed by atoms with Gasteiger partial charge in [0.2, 0.25) is 10.9 Å². The third-order valence-corrected chi connectivity index (χ3v) is 7.88. The van der Waals surface area contributed by atoms with Crippen LogP contribution in [0.1, 0.15) is 48.7 Å². The molecule has 2 aromatic carbocycles. The van der Waals surface area contributed by atoms with E-state index in [4.69, 9.17) is 21.1 Å². The number of aryl methyl sites for hydroxylation is 1. The molecule has 1 saturated heterocycles. The first-order valence-electron chi connectivity index (χ1n) is 13.9. The highest BCUT2D eigenvalue weighted by atomic mass is 35.5. The van der Waals surface area contributed by atoms with Crippen LogP contribution in [0.5, 0.6) is 11.5 Å². The number of hydrogen-bond acceptors (Lipinski definition) is 7. The largest absolute Gasteiger partial charge is 0.456 e. The van der Waals surface area contributed by atoms with E-state index in [0.717, 1.165) is 22.5 Å². The van der Waals surface area contributed by atoms with E-state index in [2.05, 4.69) is 10.3 Å². The molecule has 0 aliphatic carbocycles. The van der Waals surface area contributed by atoms with Crippen molar-refractivity contribution in [2.24, 2.45) is 5.92 Å². The molecule has 0 spiro atoms. The number of carbonyl (C=O) groups excluding carboxylic acids is 2. The van der Waals surface area contributed by atoms with Crippen molar-refractivity contribution in [2.45, 2.75) is 45.9 Å². The second kappa shape index (κ2) is 13.7. The standard InChI is InChI=1S/C30H31ClF4N4O6S/c1-17-11-19(32)5-6-24(17)44-25-14-22(30(33,34)35)23(31)13-21(25)27(40)37-20-7-9-36-26(12-20)39(46(42)43)16-18-8-10-38(15-18)28(41)45-29(2,3)4/h5-7,9,11-14,18,46H,8,10,15-16H2,1-4H3,(H,36,37,40)/t18-/m1/s1. The van der Waals surface area contributed by atoms with Gasteiger partial charge in [-0.15, -0.1) is 0 Å². The average molecular weight is 687 g/mol. The lowest BCUT2D eigenvalue weighted by Crippen LogP contribution is -2.36. The van der Waals surface area contributed by atoms with Gasteiger partial charge in [-0.2, -0.15) is 13.2 Å². The molecule has 0 unspecified atom stereocenters. The van der Waals surface area contributed by atoms with Crippen LogP contribution in [0.4, 0.5) is 33.9 Å². The number of benzene rings is 2. The van der Waals surface area contributed by atoms with Gasteiger partial charge in [-0.3, -0.25) is 9.10 Å². The number of rotatable bonds is 8. The zero-order valence-electron chi connectivity index (χ0n) is 25.2. The molecule has 2 amide bonds. The van der Waals surface area contributed by atoms with Crippen molar-refractivity contribution < 1.29 is 45.0 Å². The lowest BCUT2D eigenvalue weighted by Gasteiger charge is -2.25. The highest BCUT2D eigenvalue weighted by Gasteiger charge is 2.36. The average Bonchev–Trinajstić information content (AvgIpc) is 3.41. The van der Waals surface area contributed by atoms with Crippen molar-refractivity contribution in [1.29, 1.82) is 0 Å². The first kappa shape index (κ1) is 34.8. The predicted molar refractivity (Wildman–Crippen MR) is 163 cm³/mol. The van der Waals surface area contributed by atoms with Gasteiger partial charge in [-0.25, -0.2) is 22.6 Å². The number of anilines is 2. The van der Waals surface area contributed by atoms with Gasteiger partial charge < -0.3 is 19.7 Å². The Morgan fingerprint density at radius 2 is 1.83 bits per heavy atom. The summed E-state index contributed by atoms with van der Waals surface area (Å²) in [6.45, 7) is 7.33. The minimum Gasteiger partial charge on any atom is -0.456 e. The number of alkyl halides is 3. The first-order valence-corrected chi connectivity index (χ1v) is 15.4. The van der Waals surface area contributed by atoms with Crippen molar-refractivity contribution in [1.82, 2.24) is 9.88 Å². The van der Waals surface area contributed by atoms with Gasteiger partial charge >= 0.3 is 12.3 Å². The number of ether oxygens (including phenoxy) is 2. The Morgan fingerprint density at radius 1 is 1.11 bits per heavy atom. The van der Waals surface area contributed by atoms with Gasteiger partial charge in [-0.1, -0.05) is 11.6 Å². The number of nitrogens with one attached hydrogen (secondary N) is 1. The van der Waals surface area contributed by atoms with E-state index >= 15 is 0 Å². The van der Waals surface area contributed by atoms with Gasteiger partial charge in [0.05, 0.1) is 16.1 Å². The normalized spacial score (nSPS) is 15.2. The summed E-state index contributed by atoms with van der Waals surface area (Å²) in [7, 11) is -3.19. The molecule has 0 saturated carbocycles. The monoisotopic (exact) mass is 686 g/mol. The van der Waals surface area contributed by atoms with E-state index in [0.29, 0.717) is 19.0 Å². The van der Waals surface area contributed by atoms with Crippen LogP contribution in [-0.4, -0.2) is 55.5 Å². The van der Waals surface area contributed by atoms with Crippen LogP contribution in [0.15, 0.2) is 48.7 Å². The van der Waals surface area contributed by atoms with Crippen molar-refractivity contribution >= 4 is 46.0 Å². The molecule has 1 fully saturated rings. The maximum Gasteiger partial charge on any atom is 0.417 e. The number of pyridine rings is 1. The quantitative estimate of drug-likeness (QED) is 0.197.